The van der Waals surface area contributed by atoms with E-state index >= 15 is 0 Å². The van der Waals surface area contributed by atoms with Gasteiger partial charge >= 0.3 is 0 Å². The molecule has 7 atom stereocenters. The van der Waals surface area contributed by atoms with Crippen LogP contribution in [0.4, 0.5) is 11.4 Å². The van der Waals surface area contributed by atoms with Gasteiger partial charge in [0.25, 0.3) is 5.91 Å². The molecule has 0 aromatic heterocycles. The molecule has 1 aromatic rings. The Balaban J connectivity index is 1.96. The Hall–Kier alpha value is -3.15. The standard InChI is InChI=1S/C20H23N3O8/c1-4-9-6(21)3-7(22)15(26)12(9)16(27)13-10(4)14(25)5-2-8(24)11(19(23)30)17(28)20(5,31)18(13)29/h3-5,10,13-14,18,25-26,28-29,31H,2,21-22H2,1H3,(H2,23,30)/t4-,5?,10?,13?,14-,18?,20?/m1/s1. The van der Waals surface area contributed by atoms with Gasteiger partial charge in [0.2, 0.25) is 0 Å². The average Bonchev–Trinajstić information content (AvgIpc) is 2.67. The average molecular weight is 433 g/mol. The number of anilines is 2. The van der Waals surface area contributed by atoms with E-state index in [2.05, 4.69) is 0 Å². The molecule has 0 radical (unpaired) electrons. The van der Waals surface area contributed by atoms with Gasteiger partial charge in [0, 0.05) is 23.9 Å². The van der Waals surface area contributed by atoms with Crippen LogP contribution in [-0.2, 0) is 9.59 Å². The summed E-state index contributed by atoms with van der Waals surface area (Å²) in [4.78, 5) is 37.4. The molecule has 31 heavy (non-hydrogen) atoms. The Labute approximate surface area is 175 Å². The van der Waals surface area contributed by atoms with Crippen LogP contribution in [0.5, 0.6) is 5.75 Å². The monoisotopic (exact) mass is 433 g/mol. The van der Waals surface area contributed by atoms with Crippen LogP contribution < -0.4 is 17.2 Å². The van der Waals surface area contributed by atoms with Crippen molar-refractivity contribution in [1.29, 1.82) is 0 Å². The van der Waals surface area contributed by atoms with Crippen LogP contribution in [-0.4, -0.2) is 60.8 Å². The zero-order valence-electron chi connectivity index (χ0n) is 16.4. The molecule has 1 aromatic carbocycles. The predicted molar refractivity (Wildman–Crippen MR) is 106 cm³/mol. The molecule has 1 amide bonds. The lowest BCUT2D eigenvalue weighted by Crippen LogP contribution is -2.69. The second kappa shape index (κ2) is 6.42. The van der Waals surface area contributed by atoms with Gasteiger partial charge in [-0.15, -0.1) is 0 Å². The summed E-state index contributed by atoms with van der Waals surface area (Å²) in [6.07, 6.45) is -4.17. The van der Waals surface area contributed by atoms with Crippen molar-refractivity contribution in [3.05, 3.63) is 28.5 Å². The van der Waals surface area contributed by atoms with Gasteiger partial charge in [-0.25, -0.2) is 0 Å². The van der Waals surface area contributed by atoms with Crippen molar-refractivity contribution in [2.75, 3.05) is 11.5 Å². The van der Waals surface area contributed by atoms with Gasteiger partial charge in [-0.2, -0.15) is 0 Å². The second-order valence-corrected chi connectivity index (χ2v) is 8.53. The summed E-state index contributed by atoms with van der Waals surface area (Å²) >= 11 is 0. The summed E-state index contributed by atoms with van der Waals surface area (Å²) in [5.74, 6) is -9.43. The number of rotatable bonds is 1. The minimum Gasteiger partial charge on any atom is -0.508 e. The highest BCUT2D eigenvalue weighted by Crippen LogP contribution is 2.57. The molecule has 11 nitrogen and oxygen atoms in total. The van der Waals surface area contributed by atoms with E-state index in [1.54, 1.807) is 6.92 Å². The van der Waals surface area contributed by atoms with E-state index in [1.165, 1.54) is 6.07 Å². The number of phenols is 1. The van der Waals surface area contributed by atoms with Crippen molar-refractivity contribution in [3.63, 3.8) is 0 Å². The number of hydrogen-bond donors (Lipinski definition) is 8. The van der Waals surface area contributed by atoms with Gasteiger partial charge in [0.1, 0.15) is 23.2 Å². The number of hydrogen-bond acceptors (Lipinski definition) is 10. The molecule has 4 rings (SSSR count). The number of aliphatic hydroxyl groups excluding tert-OH is 3. The van der Waals surface area contributed by atoms with Gasteiger partial charge in [-0.05, 0) is 17.5 Å². The molecule has 11 heteroatoms. The van der Waals surface area contributed by atoms with E-state index in [1.807, 2.05) is 0 Å². The summed E-state index contributed by atoms with van der Waals surface area (Å²) in [5, 5.41) is 54.5. The van der Waals surface area contributed by atoms with Crippen molar-refractivity contribution in [2.24, 2.45) is 23.5 Å². The Kier molecular flexibility index (Phi) is 4.37. The number of amides is 1. The van der Waals surface area contributed by atoms with Gasteiger partial charge in [0.05, 0.1) is 23.3 Å². The number of nitrogen functional groups attached to an aromatic ring is 2. The molecule has 3 aliphatic carbocycles. The number of nitrogens with two attached hydrogens (primary N) is 3. The number of phenolic OH excluding ortho intramolecular Hbond substituents is 1. The first-order chi connectivity index (χ1) is 14.3. The number of aromatic hydroxyl groups is 1. The Morgan fingerprint density at radius 2 is 1.77 bits per heavy atom. The largest absolute Gasteiger partial charge is 0.508 e. The van der Waals surface area contributed by atoms with E-state index in [-0.39, 0.29) is 22.5 Å². The fraction of sp³-hybridized carbons (Fsp3) is 0.450. The molecule has 3 aliphatic rings. The van der Waals surface area contributed by atoms with Crippen molar-refractivity contribution < 1.29 is 39.9 Å². The normalized spacial score (nSPS) is 37.2. The zero-order chi connectivity index (χ0) is 23.2. The van der Waals surface area contributed by atoms with Crippen LogP contribution >= 0.6 is 0 Å². The third-order valence-electron chi connectivity index (χ3n) is 7.11. The SMILES string of the molecule is C[C@@H]1c2c(N)cc(N)c(O)c2C(=O)C2C1[C@H](O)C1CC(=O)C(C(N)=O)=C(O)C1(O)C2O. The third kappa shape index (κ3) is 2.42. The Morgan fingerprint density at radius 3 is 2.35 bits per heavy atom. The van der Waals surface area contributed by atoms with Gasteiger partial charge in [-0.1, -0.05) is 6.92 Å². The van der Waals surface area contributed by atoms with E-state index < -0.39 is 82.5 Å². The highest BCUT2D eigenvalue weighted by Gasteiger charge is 2.67. The quantitative estimate of drug-likeness (QED) is 0.110. The molecule has 1 fully saturated rings. The number of fused-ring (bicyclic) bond motifs is 3. The molecular weight excluding hydrogens is 410 g/mol. The number of ketones is 2. The second-order valence-electron chi connectivity index (χ2n) is 8.53. The summed E-state index contributed by atoms with van der Waals surface area (Å²) in [6.45, 7) is 1.62. The Morgan fingerprint density at radius 1 is 1.16 bits per heavy atom. The number of benzene rings is 1. The fourth-order valence-electron chi connectivity index (χ4n) is 5.68. The lowest BCUT2D eigenvalue weighted by molar-refractivity contribution is -0.209. The van der Waals surface area contributed by atoms with Crippen LogP contribution in [0.25, 0.3) is 0 Å². The summed E-state index contributed by atoms with van der Waals surface area (Å²) in [5.41, 5.74) is 13.2. The predicted octanol–water partition coefficient (Wildman–Crippen LogP) is -1.56. The lowest BCUT2D eigenvalue weighted by atomic mass is 9.51. The smallest absolute Gasteiger partial charge is 0.255 e. The number of carbonyl (C=O) groups excluding carboxylic acids is 3. The molecule has 0 aliphatic heterocycles. The minimum absolute atomic E-state index is 0.102. The van der Waals surface area contributed by atoms with Crippen molar-refractivity contribution in [2.45, 2.75) is 37.1 Å². The zero-order valence-corrected chi connectivity index (χ0v) is 16.4. The number of Topliss-reactive ketones (excluding diaryl/α,β-unsaturated/α-hetero) is 2. The molecule has 0 saturated heterocycles. The molecule has 0 heterocycles. The van der Waals surface area contributed by atoms with Crippen LogP contribution in [0.1, 0.15) is 35.2 Å². The van der Waals surface area contributed by atoms with Gasteiger partial charge in [0.15, 0.2) is 17.2 Å². The van der Waals surface area contributed by atoms with E-state index in [9.17, 15) is 39.9 Å². The minimum atomic E-state index is -2.69. The van der Waals surface area contributed by atoms with Crippen molar-refractivity contribution in [1.82, 2.24) is 0 Å². The lowest BCUT2D eigenvalue weighted by Gasteiger charge is -2.56. The van der Waals surface area contributed by atoms with E-state index in [4.69, 9.17) is 17.2 Å². The van der Waals surface area contributed by atoms with Crippen LogP contribution in [0.3, 0.4) is 0 Å². The summed E-state index contributed by atoms with van der Waals surface area (Å²) in [7, 11) is 0. The third-order valence-corrected chi connectivity index (χ3v) is 7.11. The molecule has 5 unspecified atom stereocenters. The number of primary amides is 1. The molecule has 166 valence electrons. The van der Waals surface area contributed by atoms with Crippen LogP contribution in [0.2, 0.25) is 0 Å². The topological polar surface area (TPSA) is 230 Å². The molecule has 0 spiro atoms. The maximum Gasteiger partial charge on any atom is 0.255 e. The van der Waals surface area contributed by atoms with Gasteiger partial charge in [-0.3, -0.25) is 14.4 Å². The van der Waals surface area contributed by atoms with E-state index in [0.717, 1.165) is 0 Å². The number of aliphatic hydroxyl groups is 4. The molecule has 11 N–H and O–H groups in total. The number of carbonyl (C=O) groups is 3. The summed E-state index contributed by atoms with van der Waals surface area (Å²) in [6, 6.07) is 1.28. The first kappa shape index (κ1) is 21.1. The Bertz CT molecular complexity index is 1080. The van der Waals surface area contributed by atoms with Crippen molar-refractivity contribution in [3.8, 4) is 5.75 Å². The van der Waals surface area contributed by atoms with Gasteiger partial charge < -0.3 is 42.7 Å². The first-order valence-electron chi connectivity index (χ1n) is 9.65. The summed E-state index contributed by atoms with van der Waals surface area (Å²) < 4.78 is 0. The highest BCUT2D eigenvalue weighted by molar-refractivity contribution is 6.20. The maximum atomic E-state index is 13.4. The fourth-order valence-corrected chi connectivity index (χ4v) is 5.68. The highest BCUT2D eigenvalue weighted by atomic mass is 16.4. The first-order valence-corrected chi connectivity index (χ1v) is 9.65. The van der Waals surface area contributed by atoms with Crippen molar-refractivity contribution >= 4 is 28.8 Å². The molecule has 1 saturated carbocycles. The maximum absolute atomic E-state index is 13.4. The van der Waals surface area contributed by atoms with E-state index in [0.29, 0.717) is 0 Å². The molecule has 0 bridgehead atoms. The van der Waals surface area contributed by atoms with Crippen LogP contribution in [0, 0.1) is 17.8 Å². The molecular formula is C20H23N3O8. The van der Waals surface area contributed by atoms with Crippen LogP contribution in [0.15, 0.2) is 17.4 Å².